The molecule has 2 aliphatic carbocycles. The van der Waals surface area contributed by atoms with Gasteiger partial charge >= 0.3 is 6.03 Å². The number of amides is 2. The van der Waals surface area contributed by atoms with Gasteiger partial charge in [0.15, 0.2) is 0 Å². The second-order valence-corrected chi connectivity index (χ2v) is 8.28. The van der Waals surface area contributed by atoms with Crippen LogP contribution >= 0.6 is 0 Å². The smallest absolute Gasteiger partial charge is 0.317 e. The summed E-state index contributed by atoms with van der Waals surface area (Å²) in [7, 11) is 0. The Bertz CT molecular complexity index is 583. The maximum absolute atomic E-state index is 12.5. The molecule has 0 spiro atoms. The average Bonchev–Trinajstić information content (AvgIpc) is 3.50. The summed E-state index contributed by atoms with van der Waals surface area (Å²) in [6.45, 7) is 1.82. The van der Waals surface area contributed by atoms with Crippen LogP contribution in [0.5, 0.6) is 0 Å². The Morgan fingerprint density at radius 1 is 0.960 bits per heavy atom. The molecule has 4 heteroatoms. The van der Waals surface area contributed by atoms with Gasteiger partial charge in [0.2, 0.25) is 0 Å². The molecule has 25 heavy (non-hydrogen) atoms. The summed E-state index contributed by atoms with van der Waals surface area (Å²) in [4.78, 5) is 14.5. The molecule has 0 bridgehead atoms. The van der Waals surface area contributed by atoms with Crippen LogP contribution < -0.4 is 5.32 Å². The van der Waals surface area contributed by atoms with Crippen molar-refractivity contribution in [3.63, 3.8) is 0 Å². The lowest BCUT2D eigenvalue weighted by atomic mass is 9.78. The van der Waals surface area contributed by atoms with Crippen LogP contribution in [-0.2, 0) is 5.60 Å². The molecule has 0 aromatic heterocycles. The van der Waals surface area contributed by atoms with Gasteiger partial charge in [-0.1, -0.05) is 30.3 Å². The lowest BCUT2D eigenvalue weighted by Crippen LogP contribution is -2.50. The third-order valence-corrected chi connectivity index (χ3v) is 6.57. The van der Waals surface area contributed by atoms with Crippen LogP contribution in [0.3, 0.4) is 0 Å². The lowest BCUT2D eigenvalue weighted by Gasteiger charge is -2.38. The van der Waals surface area contributed by atoms with Crippen LogP contribution in [0, 0.1) is 11.8 Å². The van der Waals surface area contributed by atoms with Gasteiger partial charge in [0.05, 0.1) is 5.60 Å². The van der Waals surface area contributed by atoms with Gasteiger partial charge in [-0.2, -0.15) is 0 Å². The van der Waals surface area contributed by atoms with E-state index in [-0.39, 0.29) is 12.1 Å². The average molecular weight is 342 g/mol. The molecule has 4 rings (SSSR count). The minimum absolute atomic E-state index is 0.101. The molecule has 1 aromatic rings. The number of urea groups is 1. The molecular formula is C21H30N2O2. The highest BCUT2D eigenvalue weighted by atomic mass is 16.3. The van der Waals surface area contributed by atoms with E-state index in [4.69, 9.17) is 0 Å². The Hall–Kier alpha value is -1.55. The fraction of sp³-hybridized carbons (Fsp3) is 0.667. The van der Waals surface area contributed by atoms with Crippen LogP contribution in [0.15, 0.2) is 30.3 Å². The van der Waals surface area contributed by atoms with Gasteiger partial charge in [0.1, 0.15) is 0 Å². The van der Waals surface area contributed by atoms with Gasteiger partial charge in [-0.3, -0.25) is 0 Å². The molecule has 2 amide bonds. The van der Waals surface area contributed by atoms with Crippen molar-refractivity contribution in [2.75, 3.05) is 13.1 Å². The molecule has 0 unspecified atom stereocenters. The Kier molecular flexibility index (Phi) is 4.72. The maximum atomic E-state index is 12.5. The molecule has 1 heterocycles. The number of rotatable bonds is 3. The molecule has 0 atom stereocenters. The number of benzene rings is 1. The number of nitrogens with one attached hydrogen (secondary N) is 1. The maximum Gasteiger partial charge on any atom is 0.317 e. The Morgan fingerprint density at radius 3 is 2.16 bits per heavy atom. The number of likely N-dealkylation sites (tertiary alicyclic amines) is 1. The summed E-state index contributed by atoms with van der Waals surface area (Å²) in [6.07, 6.45) is 8.28. The summed E-state index contributed by atoms with van der Waals surface area (Å²) in [6, 6.07) is 10.2. The van der Waals surface area contributed by atoms with Gasteiger partial charge in [0, 0.05) is 19.1 Å². The Morgan fingerprint density at radius 2 is 1.56 bits per heavy atom. The first-order chi connectivity index (χ1) is 12.1. The Labute approximate surface area is 150 Å². The van der Waals surface area contributed by atoms with Crippen LogP contribution in [0.1, 0.15) is 56.9 Å². The highest BCUT2D eigenvalue weighted by molar-refractivity contribution is 5.74. The van der Waals surface area contributed by atoms with E-state index in [2.05, 4.69) is 5.32 Å². The third kappa shape index (κ3) is 3.84. The first-order valence-corrected chi connectivity index (χ1v) is 9.97. The van der Waals surface area contributed by atoms with Crippen LogP contribution in [0.2, 0.25) is 0 Å². The molecule has 1 aromatic carbocycles. The summed E-state index contributed by atoms with van der Waals surface area (Å²) in [5.41, 5.74) is 0.271. The number of hydrogen-bond acceptors (Lipinski definition) is 2. The number of carbonyl (C=O) groups is 1. The zero-order chi connectivity index (χ0) is 17.3. The number of carbonyl (C=O) groups excluding carboxylic acids is 1. The molecule has 1 saturated heterocycles. The fourth-order valence-electron chi connectivity index (χ4n) is 4.68. The molecule has 136 valence electrons. The zero-order valence-electron chi connectivity index (χ0n) is 15.0. The highest BCUT2D eigenvalue weighted by Crippen LogP contribution is 2.42. The first kappa shape index (κ1) is 16.9. The van der Waals surface area contributed by atoms with E-state index in [0.29, 0.717) is 12.8 Å². The fourth-order valence-corrected chi connectivity index (χ4v) is 4.68. The summed E-state index contributed by atoms with van der Waals surface area (Å²) in [5, 5.41) is 14.1. The van der Waals surface area contributed by atoms with Crippen molar-refractivity contribution in [3.8, 4) is 0 Å². The predicted octanol–water partition coefficient (Wildman–Crippen LogP) is 3.65. The van der Waals surface area contributed by atoms with Gasteiger partial charge in [0.25, 0.3) is 0 Å². The zero-order valence-corrected chi connectivity index (χ0v) is 15.0. The minimum Gasteiger partial charge on any atom is -0.385 e. The van der Waals surface area contributed by atoms with E-state index >= 15 is 0 Å². The van der Waals surface area contributed by atoms with E-state index in [1.165, 1.54) is 25.7 Å². The minimum atomic E-state index is -0.731. The van der Waals surface area contributed by atoms with Crippen molar-refractivity contribution in [2.24, 2.45) is 11.8 Å². The molecule has 3 fully saturated rings. The van der Waals surface area contributed by atoms with Crippen molar-refractivity contribution >= 4 is 6.03 Å². The number of aliphatic hydroxyl groups is 1. The number of nitrogens with zero attached hydrogens (tertiary/aromatic N) is 1. The molecule has 3 aliphatic rings. The highest BCUT2D eigenvalue weighted by Gasteiger charge is 2.37. The van der Waals surface area contributed by atoms with E-state index in [0.717, 1.165) is 43.3 Å². The topological polar surface area (TPSA) is 52.6 Å². The third-order valence-electron chi connectivity index (χ3n) is 6.57. The molecule has 2 N–H and O–H groups in total. The lowest BCUT2D eigenvalue weighted by molar-refractivity contribution is -0.00785. The van der Waals surface area contributed by atoms with Crippen LogP contribution in [0.4, 0.5) is 4.79 Å². The van der Waals surface area contributed by atoms with Crippen molar-refractivity contribution < 1.29 is 9.90 Å². The predicted molar refractivity (Wildman–Crippen MR) is 98.1 cm³/mol. The van der Waals surface area contributed by atoms with Crippen LogP contribution in [0.25, 0.3) is 0 Å². The SMILES string of the molecule is O=C(NC1CCC(O)(c2ccccc2)CC1)N1CCC(C2CC2)CC1. The summed E-state index contributed by atoms with van der Waals surface area (Å²) < 4.78 is 0. The second-order valence-electron chi connectivity index (χ2n) is 8.28. The molecular weight excluding hydrogens is 312 g/mol. The molecule has 4 nitrogen and oxygen atoms in total. The van der Waals surface area contributed by atoms with E-state index in [1.54, 1.807) is 0 Å². The van der Waals surface area contributed by atoms with Crippen molar-refractivity contribution in [3.05, 3.63) is 35.9 Å². The van der Waals surface area contributed by atoms with Gasteiger partial charge in [-0.15, -0.1) is 0 Å². The monoisotopic (exact) mass is 342 g/mol. The van der Waals surface area contributed by atoms with E-state index in [1.807, 2.05) is 35.2 Å². The van der Waals surface area contributed by atoms with Crippen molar-refractivity contribution in [2.45, 2.75) is 63.0 Å². The molecule has 1 aliphatic heterocycles. The number of hydrogen-bond donors (Lipinski definition) is 2. The van der Waals surface area contributed by atoms with Gasteiger partial charge < -0.3 is 15.3 Å². The summed E-state index contributed by atoms with van der Waals surface area (Å²) >= 11 is 0. The van der Waals surface area contributed by atoms with Crippen LogP contribution in [-0.4, -0.2) is 35.2 Å². The molecule has 2 saturated carbocycles. The Balaban J connectivity index is 1.25. The quantitative estimate of drug-likeness (QED) is 0.881. The second kappa shape index (κ2) is 6.99. The van der Waals surface area contributed by atoms with E-state index in [9.17, 15) is 9.90 Å². The summed E-state index contributed by atoms with van der Waals surface area (Å²) in [5.74, 6) is 1.82. The van der Waals surface area contributed by atoms with Gasteiger partial charge in [-0.05, 0) is 68.8 Å². The standard InChI is InChI=1S/C21H30N2O2/c24-20(23-14-10-17(11-15-23)16-6-7-16)22-19-8-12-21(25,13-9-19)18-4-2-1-3-5-18/h1-5,16-17,19,25H,6-15H2,(H,22,24). The van der Waals surface area contributed by atoms with Crippen molar-refractivity contribution in [1.82, 2.24) is 10.2 Å². The normalized spacial score (nSPS) is 30.9. The first-order valence-electron chi connectivity index (χ1n) is 9.97. The largest absolute Gasteiger partial charge is 0.385 e. The van der Waals surface area contributed by atoms with E-state index < -0.39 is 5.60 Å². The molecule has 0 radical (unpaired) electrons. The van der Waals surface area contributed by atoms with Gasteiger partial charge in [-0.25, -0.2) is 4.79 Å². The van der Waals surface area contributed by atoms with Crippen molar-refractivity contribution in [1.29, 1.82) is 0 Å². The number of piperidine rings is 1.